The van der Waals surface area contributed by atoms with Crippen molar-refractivity contribution < 1.29 is 18.3 Å². The predicted octanol–water partition coefficient (Wildman–Crippen LogP) is 4.28. The summed E-state index contributed by atoms with van der Waals surface area (Å²) >= 11 is 0. The second-order valence-corrected chi connectivity index (χ2v) is 7.01. The molecule has 0 spiro atoms. The van der Waals surface area contributed by atoms with Gasteiger partial charge in [0.15, 0.2) is 0 Å². The molecule has 0 aromatic heterocycles. The van der Waals surface area contributed by atoms with Crippen LogP contribution < -0.4 is 0 Å². The van der Waals surface area contributed by atoms with Crippen LogP contribution in [0.25, 0.3) is 0 Å². The van der Waals surface area contributed by atoms with Gasteiger partial charge in [-0.3, -0.25) is 0 Å². The first-order valence-electron chi connectivity index (χ1n) is 6.39. The fraction of sp³-hybridized carbons (Fsp3) is 0.733. The largest absolute Gasteiger partial charge is 0.384 e. The maximum absolute atomic E-state index is 14.7. The highest BCUT2D eigenvalue weighted by Gasteiger charge is 2.56. The number of hydrogen-bond donors (Lipinski definition) is 1. The maximum Gasteiger partial charge on any atom is 0.299 e. The van der Waals surface area contributed by atoms with E-state index >= 15 is 0 Å². The van der Waals surface area contributed by atoms with E-state index in [2.05, 4.69) is 0 Å². The smallest absolute Gasteiger partial charge is 0.299 e. The van der Waals surface area contributed by atoms with Gasteiger partial charge in [-0.1, -0.05) is 45.9 Å². The molecule has 0 saturated carbocycles. The van der Waals surface area contributed by atoms with E-state index in [1.807, 2.05) is 20.8 Å². The average Bonchev–Trinajstić information content (AvgIpc) is 2.18. The molecule has 1 nitrogen and oxygen atoms in total. The van der Waals surface area contributed by atoms with Gasteiger partial charge in [0.1, 0.15) is 11.8 Å². The first-order chi connectivity index (χ1) is 8.25. The molecule has 0 heterocycles. The van der Waals surface area contributed by atoms with E-state index < -0.39 is 34.1 Å². The standard InChI is InChI=1S/C15H23F3O/c1-12(2,3)14(6)9-7-8-10(11(14)16)15(17,18)13(4,5)19/h7-9,11,19H,1-6H3. The molecule has 110 valence electrons. The van der Waals surface area contributed by atoms with Gasteiger partial charge >= 0.3 is 0 Å². The lowest BCUT2D eigenvalue weighted by Gasteiger charge is -2.46. The molecule has 0 radical (unpaired) electrons. The Hall–Kier alpha value is -0.770. The molecular formula is C15H23F3O. The number of halogens is 3. The summed E-state index contributed by atoms with van der Waals surface area (Å²) in [5.41, 5.74) is -4.50. The van der Waals surface area contributed by atoms with Crippen molar-refractivity contribution in [3.05, 3.63) is 23.8 Å². The Morgan fingerprint density at radius 1 is 1.16 bits per heavy atom. The van der Waals surface area contributed by atoms with E-state index in [9.17, 15) is 18.3 Å². The predicted molar refractivity (Wildman–Crippen MR) is 70.9 cm³/mol. The Balaban J connectivity index is 3.29. The minimum atomic E-state index is -3.61. The van der Waals surface area contributed by atoms with Crippen molar-refractivity contribution in [3.8, 4) is 0 Å². The van der Waals surface area contributed by atoms with Crippen molar-refractivity contribution in [1.29, 1.82) is 0 Å². The van der Waals surface area contributed by atoms with Crippen LogP contribution in [0.2, 0.25) is 0 Å². The van der Waals surface area contributed by atoms with Gasteiger partial charge in [-0.05, 0) is 19.3 Å². The van der Waals surface area contributed by atoms with Crippen LogP contribution in [-0.4, -0.2) is 22.8 Å². The SMILES string of the molecule is CC(C)(C)C1(C)C=CC=C(C(F)(F)C(C)(C)O)C1F. The van der Waals surface area contributed by atoms with E-state index in [0.29, 0.717) is 0 Å². The first kappa shape index (κ1) is 16.3. The van der Waals surface area contributed by atoms with Gasteiger partial charge in [0.2, 0.25) is 0 Å². The summed E-state index contributed by atoms with van der Waals surface area (Å²) in [5.74, 6) is -3.61. The Bertz CT molecular complexity index is 410. The molecule has 2 unspecified atom stereocenters. The number of hydrogen-bond acceptors (Lipinski definition) is 1. The molecule has 0 aromatic carbocycles. The minimum absolute atomic E-state index is 0.516. The number of allylic oxidation sites excluding steroid dienone is 3. The topological polar surface area (TPSA) is 20.2 Å². The summed E-state index contributed by atoms with van der Waals surface area (Å²) in [4.78, 5) is 0. The molecule has 2 atom stereocenters. The van der Waals surface area contributed by atoms with Crippen molar-refractivity contribution in [2.24, 2.45) is 10.8 Å². The highest BCUT2D eigenvalue weighted by molar-refractivity contribution is 5.36. The van der Waals surface area contributed by atoms with Gasteiger partial charge in [0.05, 0.1) is 0 Å². The normalized spacial score (nSPS) is 29.4. The molecule has 4 heteroatoms. The van der Waals surface area contributed by atoms with Crippen molar-refractivity contribution in [2.45, 2.75) is 59.2 Å². The number of alkyl halides is 3. The van der Waals surface area contributed by atoms with Gasteiger partial charge < -0.3 is 5.11 Å². The summed E-state index contributed by atoms with van der Waals surface area (Å²) in [6, 6.07) is 0. The molecule has 19 heavy (non-hydrogen) atoms. The van der Waals surface area contributed by atoms with Crippen LogP contribution in [-0.2, 0) is 0 Å². The highest BCUT2D eigenvalue weighted by atomic mass is 19.3. The summed E-state index contributed by atoms with van der Waals surface area (Å²) in [5, 5.41) is 9.61. The molecule has 1 rings (SSSR count). The average molecular weight is 276 g/mol. The fourth-order valence-corrected chi connectivity index (χ4v) is 2.09. The van der Waals surface area contributed by atoms with Crippen LogP contribution in [0.5, 0.6) is 0 Å². The van der Waals surface area contributed by atoms with E-state index in [4.69, 9.17) is 0 Å². The Labute approximate surface area is 113 Å². The third-order valence-corrected chi connectivity index (χ3v) is 4.26. The third kappa shape index (κ3) is 2.47. The highest BCUT2D eigenvalue weighted by Crippen LogP contribution is 2.52. The fourth-order valence-electron chi connectivity index (χ4n) is 2.09. The molecule has 0 aliphatic heterocycles. The van der Waals surface area contributed by atoms with E-state index in [1.165, 1.54) is 6.08 Å². The molecule has 0 amide bonds. The molecule has 0 fully saturated rings. The van der Waals surface area contributed by atoms with Gasteiger partial charge in [0, 0.05) is 11.0 Å². The van der Waals surface area contributed by atoms with Crippen LogP contribution in [0, 0.1) is 10.8 Å². The zero-order valence-corrected chi connectivity index (χ0v) is 12.4. The summed E-state index contributed by atoms with van der Waals surface area (Å²) < 4.78 is 43.1. The summed E-state index contributed by atoms with van der Waals surface area (Å²) in [7, 11) is 0. The second-order valence-electron chi connectivity index (χ2n) is 7.01. The van der Waals surface area contributed by atoms with Crippen LogP contribution in [0.15, 0.2) is 23.8 Å². The summed E-state index contributed by atoms with van der Waals surface area (Å²) in [6.45, 7) is 9.06. The molecular weight excluding hydrogens is 253 g/mol. The minimum Gasteiger partial charge on any atom is -0.384 e. The Kier molecular flexibility index (Phi) is 3.74. The van der Waals surface area contributed by atoms with Crippen LogP contribution in [0.4, 0.5) is 13.2 Å². The van der Waals surface area contributed by atoms with E-state index in [-0.39, 0.29) is 0 Å². The van der Waals surface area contributed by atoms with Crippen LogP contribution in [0.1, 0.15) is 41.5 Å². The van der Waals surface area contributed by atoms with Crippen molar-refractivity contribution in [1.82, 2.24) is 0 Å². The lowest BCUT2D eigenvalue weighted by molar-refractivity contribution is -0.146. The molecule has 1 N–H and O–H groups in total. The van der Waals surface area contributed by atoms with Crippen molar-refractivity contribution >= 4 is 0 Å². The van der Waals surface area contributed by atoms with Gasteiger partial charge in [0.25, 0.3) is 5.92 Å². The van der Waals surface area contributed by atoms with Crippen molar-refractivity contribution in [3.63, 3.8) is 0 Å². The Morgan fingerprint density at radius 3 is 2.00 bits per heavy atom. The lowest BCUT2D eigenvalue weighted by Crippen LogP contribution is -2.52. The monoisotopic (exact) mass is 276 g/mol. The quantitative estimate of drug-likeness (QED) is 0.798. The zero-order valence-electron chi connectivity index (χ0n) is 12.4. The van der Waals surface area contributed by atoms with Gasteiger partial charge in [-0.15, -0.1) is 0 Å². The van der Waals surface area contributed by atoms with Crippen LogP contribution >= 0.6 is 0 Å². The van der Waals surface area contributed by atoms with Crippen LogP contribution in [0.3, 0.4) is 0 Å². The molecule has 0 bridgehead atoms. The lowest BCUT2D eigenvalue weighted by atomic mass is 9.61. The second kappa shape index (κ2) is 4.37. The number of aliphatic hydroxyl groups is 1. The maximum atomic E-state index is 14.7. The van der Waals surface area contributed by atoms with Crippen molar-refractivity contribution in [2.75, 3.05) is 0 Å². The van der Waals surface area contributed by atoms with E-state index in [1.54, 1.807) is 13.0 Å². The van der Waals surface area contributed by atoms with Gasteiger partial charge in [-0.2, -0.15) is 8.78 Å². The van der Waals surface area contributed by atoms with Gasteiger partial charge in [-0.25, -0.2) is 4.39 Å². The Morgan fingerprint density at radius 2 is 1.63 bits per heavy atom. The molecule has 0 aromatic rings. The molecule has 1 aliphatic carbocycles. The third-order valence-electron chi connectivity index (χ3n) is 4.26. The summed E-state index contributed by atoms with van der Waals surface area (Å²) in [6.07, 6.45) is 2.33. The van der Waals surface area contributed by atoms with E-state index in [0.717, 1.165) is 19.9 Å². The molecule has 1 aliphatic rings. The molecule has 0 saturated heterocycles. The number of rotatable bonds is 2. The first-order valence-corrected chi connectivity index (χ1v) is 6.39. The zero-order chi connectivity index (χ0) is 15.3.